The number of rotatable bonds is 7. The third-order valence-electron chi connectivity index (χ3n) is 4.23. The van der Waals surface area contributed by atoms with Crippen molar-refractivity contribution in [2.75, 3.05) is 33.3 Å². The largest absolute Gasteiger partial charge is 0.497 e. The Kier molecular flexibility index (Phi) is 7.20. The van der Waals surface area contributed by atoms with Crippen molar-refractivity contribution in [3.05, 3.63) is 29.8 Å². The topological polar surface area (TPSA) is 50.8 Å². The normalized spacial score (nSPS) is 16.1. The zero-order valence-corrected chi connectivity index (χ0v) is 14.2. The fourth-order valence-electron chi connectivity index (χ4n) is 2.89. The number of nitrogens with one attached hydrogen (secondary N) is 1. The Labute approximate surface area is 139 Å². The fourth-order valence-corrected chi connectivity index (χ4v) is 2.89. The van der Waals surface area contributed by atoms with Gasteiger partial charge in [-0.15, -0.1) is 0 Å². The molecule has 1 heterocycles. The van der Waals surface area contributed by atoms with Gasteiger partial charge in [0.25, 0.3) is 0 Å². The second-order valence-corrected chi connectivity index (χ2v) is 5.93. The maximum absolute atomic E-state index is 11.4. The molecule has 1 aliphatic rings. The number of alkyl carbamates (subject to hydrolysis) is 1. The second-order valence-electron chi connectivity index (χ2n) is 5.93. The summed E-state index contributed by atoms with van der Waals surface area (Å²) < 4.78 is 10.6. The molecule has 0 bridgehead atoms. The molecular formula is C18H28N2O3. The molecule has 0 unspecified atom stereocenters. The number of nitrogens with zero attached hydrogens (tertiary/aromatic N) is 1. The summed E-state index contributed by atoms with van der Waals surface area (Å²) in [4.78, 5) is 13.9. The number of likely N-dealkylation sites (tertiary alicyclic amines) is 1. The van der Waals surface area contributed by atoms with Crippen molar-refractivity contribution < 1.29 is 14.3 Å². The first-order chi connectivity index (χ1) is 11.2. The van der Waals surface area contributed by atoms with Crippen molar-refractivity contribution in [2.24, 2.45) is 0 Å². The molecule has 0 radical (unpaired) electrons. The van der Waals surface area contributed by atoms with Gasteiger partial charge in [0.05, 0.1) is 7.11 Å². The smallest absolute Gasteiger partial charge is 0.407 e. The Morgan fingerprint density at radius 1 is 1.26 bits per heavy atom. The Hall–Kier alpha value is -1.75. The molecule has 1 saturated heterocycles. The van der Waals surface area contributed by atoms with Crippen LogP contribution in [0.5, 0.6) is 5.75 Å². The van der Waals surface area contributed by atoms with Crippen LogP contribution in [0, 0.1) is 0 Å². The molecule has 1 aliphatic heterocycles. The highest BCUT2D eigenvalue weighted by Gasteiger charge is 2.21. The third kappa shape index (κ3) is 6.10. The van der Waals surface area contributed by atoms with E-state index in [1.807, 2.05) is 19.1 Å². The highest BCUT2D eigenvalue weighted by atomic mass is 16.6. The van der Waals surface area contributed by atoms with E-state index in [-0.39, 0.29) is 12.2 Å². The van der Waals surface area contributed by atoms with E-state index in [4.69, 9.17) is 9.47 Å². The predicted octanol–water partition coefficient (Wildman–Crippen LogP) is 2.84. The highest BCUT2D eigenvalue weighted by molar-refractivity contribution is 5.67. The van der Waals surface area contributed by atoms with Gasteiger partial charge in [0.1, 0.15) is 11.9 Å². The predicted molar refractivity (Wildman–Crippen MR) is 90.9 cm³/mol. The van der Waals surface area contributed by atoms with Gasteiger partial charge in [-0.2, -0.15) is 0 Å². The second kappa shape index (κ2) is 9.40. The van der Waals surface area contributed by atoms with Gasteiger partial charge >= 0.3 is 6.09 Å². The van der Waals surface area contributed by atoms with Crippen LogP contribution in [-0.2, 0) is 11.2 Å². The number of hydrogen-bond acceptors (Lipinski definition) is 4. The lowest BCUT2D eigenvalue weighted by atomic mass is 10.1. The van der Waals surface area contributed by atoms with Crippen LogP contribution in [0.4, 0.5) is 4.79 Å². The lowest BCUT2D eigenvalue weighted by Gasteiger charge is -2.31. The molecule has 23 heavy (non-hydrogen) atoms. The Balaban J connectivity index is 1.61. The zero-order chi connectivity index (χ0) is 16.5. The number of ether oxygens (including phenoxy) is 2. The van der Waals surface area contributed by atoms with Crippen LogP contribution in [0.15, 0.2) is 24.3 Å². The summed E-state index contributed by atoms with van der Waals surface area (Å²) in [6.07, 6.45) is 3.87. The van der Waals surface area contributed by atoms with Crippen LogP contribution >= 0.6 is 0 Å². The van der Waals surface area contributed by atoms with E-state index in [1.54, 1.807) is 7.11 Å². The number of carbonyl (C=O) groups is 1. The summed E-state index contributed by atoms with van der Waals surface area (Å²) in [6.45, 7) is 5.62. The number of hydrogen-bond donors (Lipinski definition) is 1. The van der Waals surface area contributed by atoms with Crippen molar-refractivity contribution in [2.45, 2.75) is 38.7 Å². The lowest BCUT2D eigenvalue weighted by Crippen LogP contribution is -2.40. The average Bonchev–Trinajstić information content (AvgIpc) is 2.57. The molecule has 5 heteroatoms. The van der Waals surface area contributed by atoms with Gasteiger partial charge in [-0.05, 0) is 56.8 Å². The van der Waals surface area contributed by atoms with Gasteiger partial charge < -0.3 is 19.7 Å². The molecule has 1 fully saturated rings. The number of methoxy groups -OCH3 is 1. The first kappa shape index (κ1) is 17.6. The minimum atomic E-state index is -0.287. The molecule has 0 aromatic heterocycles. The van der Waals surface area contributed by atoms with Crippen molar-refractivity contribution in [3.8, 4) is 5.75 Å². The third-order valence-corrected chi connectivity index (χ3v) is 4.23. The number of benzene rings is 1. The molecule has 1 aromatic rings. The van der Waals surface area contributed by atoms with Crippen molar-refractivity contribution in [1.82, 2.24) is 10.2 Å². The van der Waals surface area contributed by atoms with Crippen LogP contribution in [-0.4, -0.2) is 50.4 Å². The monoisotopic (exact) mass is 320 g/mol. The van der Waals surface area contributed by atoms with Crippen LogP contribution in [0.25, 0.3) is 0 Å². The van der Waals surface area contributed by atoms with Gasteiger partial charge in [0, 0.05) is 19.6 Å². The van der Waals surface area contributed by atoms with Crippen LogP contribution < -0.4 is 10.1 Å². The van der Waals surface area contributed by atoms with E-state index in [2.05, 4.69) is 22.3 Å². The van der Waals surface area contributed by atoms with Gasteiger partial charge in [-0.3, -0.25) is 0 Å². The van der Waals surface area contributed by atoms with Crippen molar-refractivity contribution >= 4 is 6.09 Å². The summed E-state index contributed by atoms with van der Waals surface area (Å²) in [5, 5.41) is 2.68. The maximum Gasteiger partial charge on any atom is 0.407 e. The van der Waals surface area contributed by atoms with E-state index in [0.717, 1.165) is 51.1 Å². The number of piperidine rings is 1. The van der Waals surface area contributed by atoms with Crippen LogP contribution in [0.1, 0.15) is 31.7 Å². The minimum Gasteiger partial charge on any atom is -0.497 e. The van der Waals surface area contributed by atoms with Crippen molar-refractivity contribution in [1.29, 1.82) is 0 Å². The quantitative estimate of drug-likeness (QED) is 0.839. The van der Waals surface area contributed by atoms with Crippen LogP contribution in [0.3, 0.4) is 0 Å². The fraction of sp³-hybridized carbons (Fsp3) is 0.611. The molecule has 0 saturated carbocycles. The van der Waals surface area contributed by atoms with Gasteiger partial charge in [0.2, 0.25) is 0 Å². The van der Waals surface area contributed by atoms with Crippen molar-refractivity contribution in [3.63, 3.8) is 0 Å². The summed E-state index contributed by atoms with van der Waals surface area (Å²) in [5.41, 5.74) is 1.35. The van der Waals surface area contributed by atoms with E-state index in [9.17, 15) is 4.79 Å². The summed E-state index contributed by atoms with van der Waals surface area (Å²) in [5.74, 6) is 0.905. The van der Waals surface area contributed by atoms with E-state index < -0.39 is 0 Å². The Morgan fingerprint density at radius 2 is 1.96 bits per heavy atom. The molecule has 0 atom stereocenters. The maximum atomic E-state index is 11.4. The zero-order valence-electron chi connectivity index (χ0n) is 14.2. The summed E-state index contributed by atoms with van der Waals surface area (Å²) in [7, 11) is 1.69. The summed E-state index contributed by atoms with van der Waals surface area (Å²) >= 11 is 0. The van der Waals surface area contributed by atoms with E-state index in [1.165, 1.54) is 5.56 Å². The summed E-state index contributed by atoms with van der Waals surface area (Å²) in [6, 6.07) is 8.29. The molecule has 1 aromatic carbocycles. The number of carbonyl (C=O) groups excluding carboxylic acids is 1. The lowest BCUT2D eigenvalue weighted by molar-refractivity contribution is 0.0508. The van der Waals surface area contributed by atoms with Gasteiger partial charge in [0.15, 0.2) is 0 Å². The Morgan fingerprint density at radius 3 is 2.57 bits per heavy atom. The molecule has 1 amide bonds. The number of amides is 1. The minimum absolute atomic E-state index is 0.0689. The average molecular weight is 320 g/mol. The molecule has 0 aliphatic carbocycles. The molecule has 128 valence electrons. The SMILES string of the molecule is CCNC(=O)OC1CCN(CCCc2ccc(OC)cc2)CC1. The first-order valence-electron chi connectivity index (χ1n) is 8.51. The molecule has 1 N–H and O–H groups in total. The molecule has 0 spiro atoms. The highest BCUT2D eigenvalue weighted by Crippen LogP contribution is 2.16. The van der Waals surface area contributed by atoms with E-state index >= 15 is 0 Å². The van der Waals surface area contributed by atoms with Crippen LogP contribution in [0.2, 0.25) is 0 Å². The molecule has 2 rings (SSSR count). The van der Waals surface area contributed by atoms with E-state index in [0.29, 0.717) is 6.54 Å². The van der Waals surface area contributed by atoms with Gasteiger partial charge in [-0.1, -0.05) is 12.1 Å². The Bertz CT molecular complexity index is 468. The molecule has 5 nitrogen and oxygen atoms in total. The van der Waals surface area contributed by atoms with Gasteiger partial charge in [-0.25, -0.2) is 4.79 Å². The molecular weight excluding hydrogens is 292 g/mol. The number of aryl methyl sites for hydroxylation is 1. The standard InChI is InChI=1S/C18H28N2O3/c1-3-19-18(21)23-17-10-13-20(14-11-17)12-4-5-15-6-8-16(22-2)9-7-15/h6-9,17H,3-5,10-14H2,1-2H3,(H,19,21). The first-order valence-corrected chi connectivity index (χ1v) is 8.51.